The summed E-state index contributed by atoms with van der Waals surface area (Å²) in [5, 5.41) is 11.4. The molecule has 1 amide bonds. The molecule has 7 heteroatoms. The summed E-state index contributed by atoms with van der Waals surface area (Å²) in [5.74, 6) is -0.404. The Labute approximate surface area is 218 Å². The molecule has 0 spiro atoms. The van der Waals surface area contributed by atoms with Crippen molar-refractivity contribution >= 4 is 29.2 Å². The molecule has 1 aliphatic rings. The molecule has 2 aromatic carbocycles. The maximum atomic E-state index is 13.1. The number of nitrogens with zero attached hydrogens (tertiary/aromatic N) is 1. The molecular formula is C29H34ClNO5. The minimum Gasteiger partial charge on any atom is -0.455 e. The first kappa shape index (κ1) is 27.5. The molecule has 2 aromatic rings. The molecule has 0 bridgehead atoms. The third-order valence-corrected chi connectivity index (χ3v) is 6.01. The fourth-order valence-electron chi connectivity index (χ4n) is 4.04. The standard InChI is InChI=1S/C29H34ClNO5/c1-21(32)35-29(15-13-23(14-16-29)22-9-6-5-7-10-22)17-18-31(27(34)36-28(2,3)4)20-26(33)24-11-8-12-25(30)19-24/h5-15,19,26,33H,16-18,20H2,1-4H3/t26-,29?/m0/s1. The van der Waals surface area contributed by atoms with E-state index >= 15 is 0 Å². The van der Waals surface area contributed by atoms with Gasteiger partial charge in [-0.1, -0.05) is 66.2 Å². The van der Waals surface area contributed by atoms with Gasteiger partial charge in [-0.3, -0.25) is 4.79 Å². The van der Waals surface area contributed by atoms with Gasteiger partial charge in [0.1, 0.15) is 11.2 Å². The van der Waals surface area contributed by atoms with Gasteiger partial charge in [0.15, 0.2) is 0 Å². The number of rotatable bonds is 8. The summed E-state index contributed by atoms with van der Waals surface area (Å²) in [4.78, 5) is 26.5. The highest BCUT2D eigenvalue weighted by atomic mass is 35.5. The van der Waals surface area contributed by atoms with Crippen LogP contribution in [0.4, 0.5) is 4.79 Å². The molecule has 0 fully saturated rings. The number of esters is 1. The molecule has 2 atom stereocenters. The first-order valence-electron chi connectivity index (χ1n) is 12.0. The minimum absolute atomic E-state index is 0.000224. The molecule has 1 N–H and O–H groups in total. The Hall–Kier alpha value is -3.09. The Morgan fingerprint density at radius 1 is 1.14 bits per heavy atom. The zero-order valence-corrected chi connectivity index (χ0v) is 22.0. The maximum Gasteiger partial charge on any atom is 0.410 e. The number of amides is 1. The van der Waals surface area contributed by atoms with E-state index in [-0.39, 0.29) is 13.1 Å². The molecule has 3 rings (SSSR count). The molecule has 0 saturated heterocycles. The van der Waals surface area contributed by atoms with Gasteiger partial charge in [0.25, 0.3) is 0 Å². The minimum atomic E-state index is -0.965. The van der Waals surface area contributed by atoms with Crippen LogP contribution < -0.4 is 0 Å². The normalized spacial score (nSPS) is 18.2. The molecule has 36 heavy (non-hydrogen) atoms. The number of carbonyl (C=O) groups excluding carboxylic acids is 2. The molecule has 6 nitrogen and oxygen atoms in total. The van der Waals surface area contributed by atoms with Gasteiger partial charge in [0.2, 0.25) is 0 Å². The van der Waals surface area contributed by atoms with Crippen molar-refractivity contribution in [2.45, 2.75) is 57.8 Å². The zero-order chi connectivity index (χ0) is 26.3. The Morgan fingerprint density at radius 3 is 2.44 bits per heavy atom. The van der Waals surface area contributed by atoms with E-state index in [0.29, 0.717) is 23.4 Å². The number of halogens is 1. The van der Waals surface area contributed by atoms with Gasteiger partial charge in [-0.2, -0.15) is 0 Å². The third-order valence-electron chi connectivity index (χ3n) is 5.77. The van der Waals surface area contributed by atoms with Gasteiger partial charge in [0.05, 0.1) is 12.6 Å². The van der Waals surface area contributed by atoms with Gasteiger partial charge >= 0.3 is 12.1 Å². The largest absolute Gasteiger partial charge is 0.455 e. The molecule has 0 radical (unpaired) electrons. The van der Waals surface area contributed by atoms with E-state index in [4.69, 9.17) is 21.1 Å². The van der Waals surface area contributed by atoms with Crippen molar-refractivity contribution < 1.29 is 24.2 Å². The quantitative estimate of drug-likeness (QED) is 0.418. The topological polar surface area (TPSA) is 76.1 Å². The van der Waals surface area contributed by atoms with Crippen LogP contribution in [0.1, 0.15) is 57.8 Å². The fraction of sp³-hybridized carbons (Fsp3) is 0.379. The van der Waals surface area contributed by atoms with Crippen LogP contribution in [0.2, 0.25) is 5.02 Å². The number of hydrogen-bond donors (Lipinski definition) is 1. The van der Waals surface area contributed by atoms with Gasteiger partial charge in [0, 0.05) is 31.3 Å². The number of benzene rings is 2. The van der Waals surface area contributed by atoms with E-state index in [0.717, 1.165) is 11.1 Å². The number of carbonyl (C=O) groups is 2. The molecule has 192 valence electrons. The highest BCUT2D eigenvalue weighted by Crippen LogP contribution is 2.33. The predicted octanol–water partition coefficient (Wildman–Crippen LogP) is 6.35. The van der Waals surface area contributed by atoms with Gasteiger partial charge in [-0.15, -0.1) is 0 Å². The lowest BCUT2D eigenvalue weighted by molar-refractivity contribution is -0.153. The van der Waals surface area contributed by atoms with E-state index < -0.39 is 29.4 Å². The summed E-state index contributed by atoms with van der Waals surface area (Å²) in [5.41, 5.74) is 1.09. The number of hydrogen-bond acceptors (Lipinski definition) is 5. The molecule has 0 aliphatic heterocycles. The van der Waals surface area contributed by atoms with Crippen LogP contribution in [0, 0.1) is 0 Å². The van der Waals surface area contributed by atoms with E-state index in [1.165, 1.54) is 11.8 Å². The predicted molar refractivity (Wildman–Crippen MR) is 142 cm³/mol. The number of aliphatic hydroxyl groups excluding tert-OH is 1. The summed E-state index contributed by atoms with van der Waals surface area (Å²) in [6, 6.07) is 16.8. The second-order valence-electron chi connectivity index (χ2n) is 9.97. The van der Waals surface area contributed by atoms with Crippen LogP contribution in [0.15, 0.2) is 72.8 Å². The summed E-state index contributed by atoms with van der Waals surface area (Å²) in [6.45, 7) is 6.95. The zero-order valence-electron chi connectivity index (χ0n) is 21.2. The maximum absolute atomic E-state index is 13.1. The SMILES string of the molecule is CC(=O)OC1(CCN(C[C@H](O)c2cccc(Cl)c2)C(=O)OC(C)(C)C)C=CC(c2ccccc2)=CC1. The van der Waals surface area contributed by atoms with Crippen molar-refractivity contribution in [3.8, 4) is 0 Å². The lowest BCUT2D eigenvalue weighted by Gasteiger charge is -2.35. The van der Waals surface area contributed by atoms with E-state index in [1.807, 2.05) is 48.6 Å². The molecular weight excluding hydrogens is 478 g/mol. The monoisotopic (exact) mass is 511 g/mol. The van der Waals surface area contributed by atoms with E-state index in [2.05, 4.69) is 0 Å². The van der Waals surface area contributed by atoms with Crippen molar-refractivity contribution in [2.75, 3.05) is 13.1 Å². The van der Waals surface area contributed by atoms with Crippen molar-refractivity contribution in [3.05, 3.63) is 89.0 Å². The Kier molecular flexibility index (Phi) is 8.98. The molecule has 0 saturated carbocycles. The number of allylic oxidation sites excluding steroid dienone is 2. The van der Waals surface area contributed by atoms with E-state index in [1.54, 1.807) is 45.0 Å². The number of aliphatic hydroxyl groups is 1. The fourth-order valence-corrected chi connectivity index (χ4v) is 4.24. The Balaban J connectivity index is 1.79. The van der Waals surface area contributed by atoms with Crippen molar-refractivity contribution in [3.63, 3.8) is 0 Å². The summed E-state index contributed by atoms with van der Waals surface area (Å²) < 4.78 is 11.4. The smallest absolute Gasteiger partial charge is 0.410 e. The second kappa shape index (κ2) is 11.8. The van der Waals surface area contributed by atoms with Crippen LogP contribution in [-0.2, 0) is 14.3 Å². The average Bonchev–Trinajstić information content (AvgIpc) is 2.81. The van der Waals surface area contributed by atoms with Gasteiger partial charge < -0.3 is 19.5 Å². The molecule has 1 aliphatic carbocycles. The van der Waals surface area contributed by atoms with Crippen molar-refractivity contribution in [2.24, 2.45) is 0 Å². The molecule has 1 unspecified atom stereocenters. The Morgan fingerprint density at radius 2 is 1.86 bits per heavy atom. The molecule has 0 aromatic heterocycles. The average molecular weight is 512 g/mol. The first-order chi connectivity index (χ1) is 17.0. The lowest BCUT2D eigenvalue weighted by atomic mass is 9.86. The van der Waals surface area contributed by atoms with Crippen LogP contribution in [0.5, 0.6) is 0 Å². The number of ether oxygens (including phenoxy) is 2. The third kappa shape index (κ3) is 7.97. The van der Waals surface area contributed by atoms with Crippen molar-refractivity contribution in [1.82, 2.24) is 4.90 Å². The van der Waals surface area contributed by atoms with Crippen LogP contribution >= 0.6 is 11.6 Å². The lowest BCUT2D eigenvalue weighted by Crippen LogP contribution is -2.43. The highest BCUT2D eigenvalue weighted by Gasteiger charge is 2.34. The van der Waals surface area contributed by atoms with E-state index in [9.17, 15) is 14.7 Å². The summed E-state index contributed by atoms with van der Waals surface area (Å²) in [6.07, 6.45) is 5.15. The second-order valence-corrected chi connectivity index (χ2v) is 10.4. The molecule has 0 heterocycles. The summed E-state index contributed by atoms with van der Waals surface area (Å²) in [7, 11) is 0. The Bertz CT molecular complexity index is 1120. The highest BCUT2D eigenvalue weighted by molar-refractivity contribution is 6.30. The van der Waals surface area contributed by atoms with Crippen LogP contribution in [0.25, 0.3) is 5.57 Å². The summed E-state index contributed by atoms with van der Waals surface area (Å²) >= 11 is 6.08. The van der Waals surface area contributed by atoms with Crippen LogP contribution in [0.3, 0.4) is 0 Å². The van der Waals surface area contributed by atoms with Crippen LogP contribution in [-0.4, -0.2) is 46.4 Å². The van der Waals surface area contributed by atoms with Gasteiger partial charge in [-0.05, 0) is 55.7 Å². The van der Waals surface area contributed by atoms with Crippen molar-refractivity contribution in [1.29, 1.82) is 0 Å². The van der Waals surface area contributed by atoms with Gasteiger partial charge in [-0.25, -0.2) is 4.79 Å². The first-order valence-corrected chi connectivity index (χ1v) is 12.4.